The highest BCUT2D eigenvalue weighted by atomic mass is 16.4. The zero-order chi connectivity index (χ0) is 13.9. The molecule has 0 saturated heterocycles. The van der Waals surface area contributed by atoms with E-state index in [9.17, 15) is 9.59 Å². The number of nitrogens with zero attached hydrogens (tertiary/aromatic N) is 3. The molecule has 0 fully saturated rings. The van der Waals surface area contributed by atoms with E-state index in [4.69, 9.17) is 4.42 Å². The smallest absolute Gasteiger partial charge is 0.329 e. The van der Waals surface area contributed by atoms with Crippen LogP contribution >= 0.6 is 0 Å². The monoisotopic (exact) mass is 262 g/mol. The van der Waals surface area contributed by atoms with Gasteiger partial charge in [0.15, 0.2) is 11.2 Å². The zero-order valence-electron chi connectivity index (χ0n) is 11.1. The first-order valence-corrected chi connectivity index (χ1v) is 5.90. The van der Waals surface area contributed by atoms with Crippen molar-refractivity contribution in [1.29, 1.82) is 0 Å². The molecule has 0 aliphatic heterocycles. The van der Waals surface area contributed by atoms with Crippen LogP contribution in [0.15, 0.2) is 20.2 Å². The van der Waals surface area contributed by atoms with E-state index in [0.29, 0.717) is 17.0 Å². The summed E-state index contributed by atoms with van der Waals surface area (Å²) in [6, 6.07) is 0. The SMILES string of the molecule is Cn1c(=O)[nH]c(=O)c2c1nc1oc(C(C)(C)C)cn12. The summed E-state index contributed by atoms with van der Waals surface area (Å²) >= 11 is 0. The van der Waals surface area contributed by atoms with Gasteiger partial charge in [-0.1, -0.05) is 20.8 Å². The molecule has 3 aromatic rings. The summed E-state index contributed by atoms with van der Waals surface area (Å²) in [4.78, 5) is 29.9. The number of aromatic nitrogens is 4. The maximum absolute atomic E-state index is 11.9. The highest BCUT2D eigenvalue weighted by Crippen LogP contribution is 2.25. The fraction of sp³-hybridized carbons (Fsp3) is 0.417. The number of aryl methyl sites for hydroxylation is 1. The predicted molar refractivity (Wildman–Crippen MR) is 69.5 cm³/mol. The Morgan fingerprint density at radius 3 is 2.63 bits per heavy atom. The van der Waals surface area contributed by atoms with Gasteiger partial charge in [-0.25, -0.2) is 4.79 Å². The van der Waals surface area contributed by atoms with Crippen molar-refractivity contribution in [1.82, 2.24) is 18.9 Å². The summed E-state index contributed by atoms with van der Waals surface area (Å²) in [5.41, 5.74) is -0.508. The number of hydrogen-bond donors (Lipinski definition) is 1. The van der Waals surface area contributed by atoms with Gasteiger partial charge in [0.2, 0.25) is 0 Å². The molecule has 0 spiro atoms. The molecule has 0 radical (unpaired) electrons. The summed E-state index contributed by atoms with van der Waals surface area (Å²) in [5, 5.41) is 0. The van der Waals surface area contributed by atoms with Crippen LogP contribution in [0.4, 0.5) is 0 Å². The lowest BCUT2D eigenvalue weighted by Crippen LogP contribution is -2.28. The third-order valence-corrected chi connectivity index (χ3v) is 3.11. The highest BCUT2D eigenvalue weighted by molar-refractivity contribution is 5.74. The first kappa shape index (κ1) is 11.8. The van der Waals surface area contributed by atoms with Crippen LogP contribution in [0.3, 0.4) is 0 Å². The van der Waals surface area contributed by atoms with Crippen LogP contribution in [0.5, 0.6) is 0 Å². The summed E-state index contributed by atoms with van der Waals surface area (Å²) in [7, 11) is 1.55. The van der Waals surface area contributed by atoms with E-state index in [1.165, 1.54) is 4.57 Å². The van der Waals surface area contributed by atoms with Crippen LogP contribution in [-0.2, 0) is 12.5 Å². The second kappa shape index (κ2) is 3.37. The molecular formula is C12H14N4O3. The first-order valence-electron chi connectivity index (χ1n) is 5.90. The van der Waals surface area contributed by atoms with Crippen molar-refractivity contribution in [2.75, 3.05) is 0 Å². The number of H-pyrrole nitrogens is 1. The largest absolute Gasteiger partial charge is 0.428 e. The Morgan fingerprint density at radius 1 is 1.32 bits per heavy atom. The molecular weight excluding hydrogens is 248 g/mol. The Labute approximate surface area is 107 Å². The summed E-state index contributed by atoms with van der Waals surface area (Å²) in [5.74, 6) is 1.04. The fourth-order valence-electron chi connectivity index (χ4n) is 1.96. The van der Waals surface area contributed by atoms with Gasteiger partial charge >= 0.3 is 11.5 Å². The minimum absolute atomic E-state index is 0.180. The Bertz CT molecular complexity index is 901. The Hall–Kier alpha value is -2.31. The van der Waals surface area contributed by atoms with E-state index in [-0.39, 0.29) is 5.41 Å². The van der Waals surface area contributed by atoms with E-state index < -0.39 is 11.2 Å². The molecule has 0 aliphatic carbocycles. The van der Waals surface area contributed by atoms with Crippen LogP contribution in [-0.4, -0.2) is 18.9 Å². The van der Waals surface area contributed by atoms with Crippen molar-refractivity contribution in [2.45, 2.75) is 26.2 Å². The van der Waals surface area contributed by atoms with Crippen LogP contribution in [0.25, 0.3) is 17.0 Å². The van der Waals surface area contributed by atoms with Gasteiger partial charge in [-0.15, -0.1) is 0 Å². The molecule has 19 heavy (non-hydrogen) atoms. The van der Waals surface area contributed by atoms with Gasteiger partial charge in [-0.2, -0.15) is 4.98 Å². The Morgan fingerprint density at radius 2 is 2.00 bits per heavy atom. The first-order chi connectivity index (χ1) is 8.79. The average molecular weight is 262 g/mol. The third-order valence-electron chi connectivity index (χ3n) is 3.11. The second-order valence-corrected chi connectivity index (χ2v) is 5.60. The van der Waals surface area contributed by atoms with Gasteiger partial charge in [0.05, 0.1) is 6.20 Å². The lowest BCUT2D eigenvalue weighted by atomic mass is 9.94. The summed E-state index contributed by atoms with van der Waals surface area (Å²) < 4.78 is 8.52. The van der Waals surface area contributed by atoms with Crippen LogP contribution < -0.4 is 11.2 Å². The molecule has 3 aromatic heterocycles. The normalized spacial score (nSPS) is 12.6. The molecule has 0 bridgehead atoms. The van der Waals surface area contributed by atoms with Gasteiger partial charge in [-0.3, -0.25) is 18.7 Å². The molecule has 0 atom stereocenters. The predicted octanol–water partition coefficient (Wildman–Crippen LogP) is 0.765. The molecule has 0 aromatic carbocycles. The number of fused-ring (bicyclic) bond motifs is 3. The van der Waals surface area contributed by atoms with E-state index >= 15 is 0 Å². The molecule has 1 N–H and O–H groups in total. The van der Waals surface area contributed by atoms with Crippen molar-refractivity contribution in [3.05, 3.63) is 32.8 Å². The molecule has 7 heteroatoms. The number of aromatic amines is 1. The van der Waals surface area contributed by atoms with Crippen LogP contribution in [0.2, 0.25) is 0 Å². The van der Waals surface area contributed by atoms with Crippen LogP contribution in [0.1, 0.15) is 26.5 Å². The third kappa shape index (κ3) is 1.54. The van der Waals surface area contributed by atoms with Gasteiger partial charge in [0.1, 0.15) is 5.76 Å². The van der Waals surface area contributed by atoms with Gasteiger partial charge in [0, 0.05) is 12.5 Å². The second-order valence-electron chi connectivity index (χ2n) is 5.60. The van der Waals surface area contributed by atoms with Crippen molar-refractivity contribution in [3.63, 3.8) is 0 Å². The van der Waals surface area contributed by atoms with Crippen molar-refractivity contribution < 1.29 is 4.42 Å². The lowest BCUT2D eigenvalue weighted by molar-refractivity contribution is 0.426. The van der Waals surface area contributed by atoms with Crippen molar-refractivity contribution >= 4 is 17.0 Å². The maximum Gasteiger partial charge on any atom is 0.329 e. The van der Waals surface area contributed by atoms with E-state index in [2.05, 4.69) is 9.97 Å². The molecule has 7 nitrogen and oxygen atoms in total. The van der Waals surface area contributed by atoms with Gasteiger partial charge < -0.3 is 4.42 Å². The van der Waals surface area contributed by atoms with E-state index in [1.807, 2.05) is 20.8 Å². The molecule has 3 heterocycles. The maximum atomic E-state index is 11.9. The minimum atomic E-state index is -0.491. The molecule has 3 rings (SSSR count). The average Bonchev–Trinajstić information content (AvgIpc) is 2.81. The molecule has 0 amide bonds. The molecule has 0 saturated carbocycles. The lowest BCUT2D eigenvalue weighted by Gasteiger charge is -2.12. The fourth-order valence-corrected chi connectivity index (χ4v) is 1.96. The Kier molecular flexibility index (Phi) is 2.09. The highest BCUT2D eigenvalue weighted by Gasteiger charge is 2.22. The molecule has 100 valence electrons. The van der Waals surface area contributed by atoms with Crippen molar-refractivity contribution in [2.24, 2.45) is 7.05 Å². The van der Waals surface area contributed by atoms with Gasteiger partial charge in [0.25, 0.3) is 5.56 Å². The number of nitrogens with one attached hydrogen (secondary N) is 1. The zero-order valence-corrected chi connectivity index (χ0v) is 11.1. The number of hydrogen-bond acceptors (Lipinski definition) is 4. The van der Waals surface area contributed by atoms with Crippen molar-refractivity contribution in [3.8, 4) is 0 Å². The topological polar surface area (TPSA) is 85.3 Å². The molecule has 0 aliphatic rings. The van der Waals surface area contributed by atoms with E-state index in [0.717, 1.165) is 5.76 Å². The standard InChI is InChI=1S/C12H14N4O3/c1-12(2,3)6-5-16-7-8(13-11(16)19-6)15(4)10(18)14-9(7)17/h5H,1-4H3,(H,14,17,18). The number of rotatable bonds is 0. The summed E-state index contributed by atoms with van der Waals surface area (Å²) in [6.07, 6.45) is 1.74. The van der Waals surface area contributed by atoms with Crippen LogP contribution in [0, 0.1) is 0 Å². The van der Waals surface area contributed by atoms with Gasteiger partial charge in [-0.05, 0) is 0 Å². The number of oxazole rings is 1. The quantitative estimate of drug-likeness (QED) is 0.648. The Balaban J connectivity index is 2.49. The molecule has 0 unspecified atom stereocenters. The minimum Gasteiger partial charge on any atom is -0.428 e. The summed E-state index contributed by atoms with van der Waals surface area (Å²) in [6.45, 7) is 6.02. The van der Waals surface area contributed by atoms with E-state index in [1.54, 1.807) is 17.6 Å². The number of imidazole rings is 1.